The van der Waals surface area contributed by atoms with Gasteiger partial charge in [0.2, 0.25) is 0 Å². The predicted molar refractivity (Wildman–Crippen MR) is 187 cm³/mol. The zero-order valence-electron chi connectivity index (χ0n) is 24.7. The highest BCUT2D eigenvalue weighted by atomic mass is 14.7. The quantitative estimate of drug-likeness (QED) is 0.192. The van der Waals surface area contributed by atoms with E-state index in [1.54, 1.807) is 0 Å². The van der Waals surface area contributed by atoms with Crippen LogP contribution in [0.2, 0.25) is 0 Å². The molecule has 210 valence electrons. The third kappa shape index (κ3) is 3.71. The molecule has 1 nitrogen and oxygen atoms in total. The van der Waals surface area contributed by atoms with Crippen LogP contribution in [0, 0.1) is 0 Å². The lowest BCUT2D eigenvalue weighted by atomic mass is 9.58. The first-order chi connectivity index (χ1) is 22.4. The summed E-state index contributed by atoms with van der Waals surface area (Å²) < 4.78 is 0. The number of fused-ring (bicyclic) bond motifs is 4. The Balaban J connectivity index is 1.50. The maximum Gasteiger partial charge on any atom is 0.0719 e. The Bertz CT molecular complexity index is 2320. The van der Waals surface area contributed by atoms with Gasteiger partial charge in [-0.3, -0.25) is 4.98 Å². The molecule has 0 amide bonds. The average Bonchev–Trinajstić information content (AvgIpc) is 3.13. The fourth-order valence-corrected chi connectivity index (χ4v) is 7.84. The lowest BCUT2D eigenvalue weighted by Crippen LogP contribution is -2.34. The van der Waals surface area contributed by atoms with Crippen LogP contribution in [0.3, 0.4) is 0 Å². The standard InChI is InChI=1S/C44H29N/c1-3-17-32(18-4-1)44(33-19-5-2-6-20-33)39-26-10-9-21-34(39)35-24-14-25-38-41(36-22-7-8-23-37(36)43(44)42(35)38)31-16-13-15-30(29-31)40-27-11-12-28-45-40/h1-29H. The van der Waals surface area contributed by atoms with Crippen LogP contribution >= 0.6 is 0 Å². The van der Waals surface area contributed by atoms with Crippen LogP contribution in [0.25, 0.3) is 55.1 Å². The summed E-state index contributed by atoms with van der Waals surface area (Å²) in [4.78, 5) is 4.67. The van der Waals surface area contributed by atoms with Crippen LogP contribution in [0.5, 0.6) is 0 Å². The minimum absolute atomic E-state index is 0.514. The van der Waals surface area contributed by atoms with Gasteiger partial charge in [-0.2, -0.15) is 0 Å². The number of benzene rings is 7. The highest BCUT2D eigenvalue weighted by molar-refractivity contribution is 6.21. The molecule has 1 heterocycles. The SMILES string of the molecule is c1ccc(C2(c3ccccc3)c3ccccc3-c3cccc4c(-c5cccc(-c6ccccn6)c5)c5ccccc5c2c34)cc1. The Morgan fingerprint density at radius 3 is 1.78 bits per heavy atom. The van der Waals surface area contributed by atoms with Gasteiger partial charge in [-0.25, -0.2) is 0 Å². The Morgan fingerprint density at radius 2 is 1.02 bits per heavy atom. The molecule has 0 radical (unpaired) electrons. The summed E-state index contributed by atoms with van der Waals surface area (Å²) in [5, 5.41) is 5.12. The van der Waals surface area contributed by atoms with Crippen LogP contribution in [0.1, 0.15) is 22.3 Å². The van der Waals surface area contributed by atoms with Crippen molar-refractivity contribution in [1.29, 1.82) is 0 Å². The van der Waals surface area contributed by atoms with Crippen molar-refractivity contribution in [3.63, 3.8) is 0 Å². The van der Waals surface area contributed by atoms with E-state index in [0.29, 0.717) is 0 Å². The molecular weight excluding hydrogens is 542 g/mol. The monoisotopic (exact) mass is 571 g/mol. The largest absolute Gasteiger partial charge is 0.256 e. The van der Waals surface area contributed by atoms with Crippen molar-refractivity contribution >= 4 is 21.5 Å². The van der Waals surface area contributed by atoms with Gasteiger partial charge in [0.25, 0.3) is 0 Å². The molecule has 1 aliphatic carbocycles. The van der Waals surface area contributed by atoms with E-state index in [2.05, 4.69) is 169 Å². The molecule has 0 N–H and O–H groups in total. The molecule has 0 fully saturated rings. The normalized spacial score (nSPS) is 13.1. The van der Waals surface area contributed by atoms with E-state index in [0.717, 1.165) is 11.3 Å². The van der Waals surface area contributed by atoms with E-state index >= 15 is 0 Å². The lowest BCUT2D eigenvalue weighted by molar-refractivity contribution is 0.757. The van der Waals surface area contributed by atoms with E-state index in [9.17, 15) is 0 Å². The molecule has 0 unspecified atom stereocenters. The zero-order chi connectivity index (χ0) is 29.8. The van der Waals surface area contributed by atoms with Crippen molar-refractivity contribution < 1.29 is 0 Å². The summed E-state index contributed by atoms with van der Waals surface area (Å²) in [6.07, 6.45) is 1.87. The summed E-state index contributed by atoms with van der Waals surface area (Å²) in [7, 11) is 0. The maximum atomic E-state index is 4.67. The lowest BCUT2D eigenvalue weighted by Gasteiger charge is -2.43. The van der Waals surface area contributed by atoms with Gasteiger partial charge in [0, 0.05) is 11.8 Å². The van der Waals surface area contributed by atoms with Crippen LogP contribution in [0.15, 0.2) is 176 Å². The number of hydrogen-bond donors (Lipinski definition) is 0. The molecule has 9 rings (SSSR count). The first-order valence-corrected chi connectivity index (χ1v) is 15.6. The Kier molecular flexibility index (Phi) is 5.79. The minimum atomic E-state index is -0.514. The molecule has 0 bridgehead atoms. The number of rotatable bonds is 4. The molecule has 8 aromatic rings. The number of nitrogens with zero attached hydrogens (tertiary/aromatic N) is 1. The second-order valence-electron chi connectivity index (χ2n) is 11.8. The van der Waals surface area contributed by atoms with Gasteiger partial charge < -0.3 is 0 Å². The summed E-state index contributed by atoms with van der Waals surface area (Å²) >= 11 is 0. The Labute approximate surface area is 263 Å². The minimum Gasteiger partial charge on any atom is -0.256 e. The molecule has 0 saturated carbocycles. The van der Waals surface area contributed by atoms with Crippen molar-refractivity contribution in [3.8, 4) is 33.5 Å². The number of pyridine rings is 1. The molecule has 0 aliphatic heterocycles. The zero-order valence-corrected chi connectivity index (χ0v) is 24.7. The van der Waals surface area contributed by atoms with E-state index in [1.165, 1.54) is 66.1 Å². The van der Waals surface area contributed by atoms with E-state index in [1.807, 2.05) is 12.3 Å². The van der Waals surface area contributed by atoms with Gasteiger partial charge in [-0.15, -0.1) is 0 Å². The fraction of sp³-hybridized carbons (Fsp3) is 0.0227. The van der Waals surface area contributed by atoms with Gasteiger partial charge in [0.05, 0.1) is 11.1 Å². The van der Waals surface area contributed by atoms with E-state index in [-0.39, 0.29) is 0 Å². The van der Waals surface area contributed by atoms with Gasteiger partial charge >= 0.3 is 0 Å². The van der Waals surface area contributed by atoms with E-state index < -0.39 is 5.41 Å². The maximum absolute atomic E-state index is 4.67. The molecule has 0 atom stereocenters. The van der Waals surface area contributed by atoms with Gasteiger partial charge in [-0.1, -0.05) is 152 Å². The topological polar surface area (TPSA) is 12.9 Å². The molecule has 1 heteroatoms. The Hall–Kier alpha value is -5.79. The summed E-state index contributed by atoms with van der Waals surface area (Å²) in [6, 6.07) is 62.1. The van der Waals surface area contributed by atoms with Crippen molar-refractivity contribution in [1.82, 2.24) is 4.98 Å². The van der Waals surface area contributed by atoms with E-state index in [4.69, 9.17) is 0 Å². The van der Waals surface area contributed by atoms with Gasteiger partial charge in [-0.05, 0) is 84.3 Å². The highest BCUT2D eigenvalue weighted by Crippen LogP contribution is 2.58. The third-order valence-electron chi connectivity index (χ3n) is 9.57. The summed E-state index contributed by atoms with van der Waals surface area (Å²) in [6.45, 7) is 0. The van der Waals surface area contributed by atoms with Crippen LogP contribution in [-0.2, 0) is 5.41 Å². The summed E-state index contributed by atoms with van der Waals surface area (Å²) in [5.41, 5.74) is 11.8. The average molecular weight is 572 g/mol. The molecule has 0 spiro atoms. The van der Waals surface area contributed by atoms with Gasteiger partial charge in [0.1, 0.15) is 0 Å². The molecular formula is C44H29N. The van der Waals surface area contributed by atoms with Crippen molar-refractivity contribution in [2.75, 3.05) is 0 Å². The van der Waals surface area contributed by atoms with Gasteiger partial charge in [0.15, 0.2) is 0 Å². The number of aromatic nitrogens is 1. The third-order valence-corrected chi connectivity index (χ3v) is 9.57. The second-order valence-corrected chi connectivity index (χ2v) is 11.8. The predicted octanol–water partition coefficient (Wildman–Crippen LogP) is 11.1. The van der Waals surface area contributed by atoms with Crippen molar-refractivity contribution in [2.45, 2.75) is 5.41 Å². The van der Waals surface area contributed by atoms with Crippen molar-refractivity contribution in [2.24, 2.45) is 0 Å². The smallest absolute Gasteiger partial charge is 0.0719 e. The van der Waals surface area contributed by atoms with Crippen LogP contribution < -0.4 is 0 Å². The fourth-order valence-electron chi connectivity index (χ4n) is 7.84. The molecule has 1 aromatic heterocycles. The molecule has 1 aliphatic rings. The first kappa shape index (κ1) is 25.7. The van der Waals surface area contributed by atoms with Crippen molar-refractivity contribution in [3.05, 3.63) is 198 Å². The Morgan fingerprint density at radius 1 is 0.422 bits per heavy atom. The highest BCUT2D eigenvalue weighted by Gasteiger charge is 2.45. The van der Waals surface area contributed by atoms with Crippen LogP contribution in [-0.4, -0.2) is 4.98 Å². The second kappa shape index (κ2) is 10.1. The molecule has 45 heavy (non-hydrogen) atoms. The van der Waals surface area contributed by atoms with Crippen LogP contribution in [0.4, 0.5) is 0 Å². The number of hydrogen-bond acceptors (Lipinski definition) is 1. The first-order valence-electron chi connectivity index (χ1n) is 15.6. The summed E-state index contributed by atoms with van der Waals surface area (Å²) in [5.74, 6) is 0. The molecule has 0 saturated heterocycles. The molecule has 7 aromatic carbocycles.